The maximum atomic E-state index is 5.50. The van der Waals surface area contributed by atoms with Crippen molar-refractivity contribution in [2.24, 2.45) is 11.8 Å². The van der Waals surface area contributed by atoms with E-state index in [2.05, 4.69) is 110 Å². The highest BCUT2D eigenvalue weighted by molar-refractivity contribution is 5.49. The Morgan fingerprint density at radius 3 is 1.44 bits per heavy atom. The van der Waals surface area contributed by atoms with Crippen molar-refractivity contribution in [3.05, 3.63) is 108 Å². The van der Waals surface area contributed by atoms with E-state index in [9.17, 15) is 0 Å². The molecule has 0 fully saturated rings. The summed E-state index contributed by atoms with van der Waals surface area (Å²) in [5, 5.41) is 4.21. The van der Waals surface area contributed by atoms with E-state index in [1.54, 1.807) is 14.2 Å². The summed E-state index contributed by atoms with van der Waals surface area (Å²) in [5.74, 6) is 0.979. The average Bonchev–Trinajstić information content (AvgIpc) is 2.87. The standard InChI is InChI=1S/C31H41NO2/c1-25(23-33-3)20-21-30(22-26(2)24-34-4)32-31(27-14-8-5-9-15-27,28-16-10-6-11-17-28)29-18-12-7-13-19-29/h5-19,25-26,30,32H,20-24H2,1-4H3. The van der Waals surface area contributed by atoms with Crippen LogP contribution in [0.25, 0.3) is 0 Å². The first-order chi connectivity index (χ1) is 16.6. The number of hydrogen-bond acceptors (Lipinski definition) is 3. The second-order valence-electron chi connectivity index (χ2n) is 9.62. The van der Waals surface area contributed by atoms with Gasteiger partial charge in [0.1, 0.15) is 0 Å². The summed E-state index contributed by atoms with van der Waals surface area (Å²) in [5.41, 5.74) is 3.30. The zero-order valence-corrected chi connectivity index (χ0v) is 21.2. The van der Waals surface area contributed by atoms with E-state index < -0.39 is 5.54 Å². The monoisotopic (exact) mass is 459 g/mol. The van der Waals surface area contributed by atoms with Crippen molar-refractivity contribution >= 4 is 0 Å². The van der Waals surface area contributed by atoms with Gasteiger partial charge in [0.15, 0.2) is 0 Å². The van der Waals surface area contributed by atoms with Gasteiger partial charge in [0, 0.05) is 33.5 Å². The SMILES string of the molecule is COCC(C)CCC(CC(C)COC)NC(c1ccccc1)(c1ccccc1)c1ccccc1. The molecule has 3 rings (SSSR count). The Kier molecular flexibility index (Phi) is 10.3. The van der Waals surface area contributed by atoms with E-state index in [-0.39, 0.29) is 0 Å². The molecule has 3 heteroatoms. The van der Waals surface area contributed by atoms with Crippen molar-refractivity contribution in [3.63, 3.8) is 0 Å². The average molecular weight is 460 g/mol. The Morgan fingerprint density at radius 2 is 1.03 bits per heavy atom. The maximum Gasteiger partial charge on any atom is 0.0950 e. The number of hydrogen-bond donors (Lipinski definition) is 1. The number of rotatable bonds is 14. The van der Waals surface area contributed by atoms with Crippen LogP contribution in [-0.2, 0) is 15.0 Å². The molecule has 0 aliphatic rings. The topological polar surface area (TPSA) is 30.5 Å². The highest BCUT2D eigenvalue weighted by atomic mass is 16.5. The minimum Gasteiger partial charge on any atom is -0.384 e. The van der Waals surface area contributed by atoms with Gasteiger partial charge in [-0.25, -0.2) is 0 Å². The lowest BCUT2D eigenvalue weighted by molar-refractivity contribution is 0.137. The second-order valence-corrected chi connectivity index (χ2v) is 9.62. The number of benzene rings is 3. The van der Waals surface area contributed by atoms with Crippen LogP contribution in [0.1, 0.15) is 49.8 Å². The fraction of sp³-hybridized carbons (Fsp3) is 0.419. The van der Waals surface area contributed by atoms with Gasteiger partial charge in [-0.05, 0) is 47.8 Å². The normalized spacial score (nSPS) is 14.5. The smallest absolute Gasteiger partial charge is 0.0950 e. The molecule has 3 aromatic carbocycles. The molecule has 0 amide bonds. The third kappa shape index (κ3) is 6.79. The molecule has 0 saturated heterocycles. The summed E-state index contributed by atoms with van der Waals surface area (Å²) in [6, 6.07) is 32.9. The minimum atomic E-state index is -0.453. The molecule has 0 radical (unpaired) electrons. The van der Waals surface area contributed by atoms with Gasteiger partial charge in [0.2, 0.25) is 0 Å². The molecule has 3 aromatic rings. The molecule has 0 aliphatic heterocycles. The van der Waals surface area contributed by atoms with E-state index in [0.29, 0.717) is 17.9 Å². The Morgan fingerprint density at radius 1 is 0.618 bits per heavy atom. The lowest BCUT2D eigenvalue weighted by Crippen LogP contribution is -2.50. The molecule has 1 N–H and O–H groups in total. The molecule has 0 saturated carbocycles. The molecule has 0 heterocycles. The number of nitrogens with one attached hydrogen (secondary N) is 1. The van der Waals surface area contributed by atoms with E-state index in [0.717, 1.165) is 32.5 Å². The Bertz CT molecular complexity index is 833. The number of methoxy groups -OCH3 is 2. The van der Waals surface area contributed by atoms with Crippen LogP contribution >= 0.6 is 0 Å². The van der Waals surface area contributed by atoms with Gasteiger partial charge in [-0.2, -0.15) is 0 Å². The van der Waals surface area contributed by atoms with Gasteiger partial charge in [-0.3, -0.25) is 5.32 Å². The highest BCUT2D eigenvalue weighted by Crippen LogP contribution is 2.38. The van der Waals surface area contributed by atoms with E-state index >= 15 is 0 Å². The van der Waals surface area contributed by atoms with E-state index in [4.69, 9.17) is 9.47 Å². The quantitative estimate of drug-likeness (QED) is 0.273. The van der Waals surface area contributed by atoms with Crippen LogP contribution in [0.2, 0.25) is 0 Å². The summed E-state index contributed by atoms with van der Waals surface area (Å²) in [4.78, 5) is 0. The van der Waals surface area contributed by atoms with Crippen LogP contribution in [-0.4, -0.2) is 33.5 Å². The largest absolute Gasteiger partial charge is 0.384 e. The first-order valence-electron chi connectivity index (χ1n) is 12.5. The van der Waals surface area contributed by atoms with Crippen LogP contribution in [0.3, 0.4) is 0 Å². The van der Waals surface area contributed by atoms with Crippen LogP contribution in [0.4, 0.5) is 0 Å². The third-order valence-electron chi connectivity index (χ3n) is 6.64. The molecule has 182 valence electrons. The molecule has 3 nitrogen and oxygen atoms in total. The van der Waals surface area contributed by atoms with E-state index in [1.165, 1.54) is 16.7 Å². The lowest BCUT2D eigenvalue weighted by atomic mass is 9.75. The third-order valence-corrected chi connectivity index (χ3v) is 6.64. The minimum absolute atomic E-state index is 0.310. The molecular formula is C31H41NO2. The molecule has 0 aliphatic carbocycles. The molecular weight excluding hydrogens is 418 g/mol. The first kappa shape index (κ1) is 26.2. The Balaban J connectivity index is 2.09. The Labute approximate surface area is 206 Å². The maximum absolute atomic E-state index is 5.50. The van der Waals surface area contributed by atoms with Crippen molar-refractivity contribution in [3.8, 4) is 0 Å². The zero-order chi connectivity index (χ0) is 24.2. The first-order valence-corrected chi connectivity index (χ1v) is 12.5. The summed E-state index contributed by atoms with van der Waals surface area (Å²) < 4.78 is 10.9. The molecule has 0 bridgehead atoms. The van der Waals surface area contributed by atoms with Crippen LogP contribution in [0.15, 0.2) is 91.0 Å². The molecule has 34 heavy (non-hydrogen) atoms. The second kappa shape index (κ2) is 13.4. The van der Waals surface area contributed by atoms with Gasteiger partial charge in [0.25, 0.3) is 0 Å². The summed E-state index contributed by atoms with van der Waals surface area (Å²) in [6.07, 6.45) is 3.23. The van der Waals surface area contributed by atoms with Crippen molar-refractivity contribution in [1.82, 2.24) is 5.32 Å². The van der Waals surface area contributed by atoms with Crippen molar-refractivity contribution in [2.45, 2.75) is 44.7 Å². The summed E-state index contributed by atoms with van der Waals surface area (Å²) in [6.45, 7) is 6.12. The predicted molar refractivity (Wildman–Crippen MR) is 142 cm³/mol. The van der Waals surface area contributed by atoms with Crippen molar-refractivity contribution in [1.29, 1.82) is 0 Å². The predicted octanol–water partition coefficient (Wildman–Crippen LogP) is 6.67. The van der Waals surface area contributed by atoms with Gasteiger partial charge in [-0.15, -0.1) is 0 Å². The summed E-state index contributed by atoms with van der Waals surface area (Å²) >= 11 is 0. The zero-order valence-electron chi connectivity index (χ0n) is 21.2. The van der Waals surface area contributed by atoms with Crippen molar-refractivity contribution < 1.29 is 9.47 Å². The highest BCUT2D eigenvalue weighted by Gasteiger charge is 2.38. The van der Waals surface area contributed by atoms with Crippen LogP contribution in [0, 0.1) is 11.8 Å². The fourth-order valence-corrected chi connectivity index (χ4v) is 5.06. The van der Waals surface area contributed by atoms with Gasteiger partial charge in [0.05, 0.1) is 5.54 Å². The molecule has 3 atom stereocenters. The van der Waals surface area contributed by atoms with Crippen LogP contribution < -0.4 is 5.32 Å². The van der Waals surface area contributed by atoms with Gasteiger partial charge < -0.3 is 9.47 Å². The molecule has 0 aromatic heterocycles. The number of ether oxygens (including phenoxy) is 2. The molecule has 3 unspecified atom stereocenters. The summed E-state index contributed by atoms with van der Waals surface area (Å²) in [7, 11) is 3.58. The van der Waals surface area contributed by atoms with Gasteiger partial charge >= 0.3 is 0 Å². The fourth-order valence-electron chi connectivity index (χ4n) is 5.06. The lowest BCUT2D eigenvalue weighted by Gasteiger charge is -2.41. The van der Waals surface area contributed by atoms with Crippen LogP contribution in [0.5, 0.6) is 0 Å². The van der Waals surface area contributed by atoms with Crippen molar-refractivity contribution in [2.75, 3.05) is 27.4 Å². The van der Waals surface area contributed by atoms with Gasteiger partial charge in [-0.1, -0.05) is 105 Å². The Hall–Kier alpha value is -2.46. The van der Waals surface area contributed by atoms with E-state index in [1.807, 2.05) is 0 Å². The molecule has 0 spiro atoms.